The quantitative estimate of drug-likeness (QED) is 0.534. The Balaban J connectivity index is 0.000000461. The fraction of sp³-hybridized carbons (Fsp3) is 0.333. The minimum Gasteiger partial charge on any atom is -0.302 e. The van der Waals surface area contributed by atoms with E-state index < -0.39 is 0 Å². The van der Waals surface area contributed by atoms with Gasteiger partial charge in [-0.3, -0.25) is 4.79 Å². The second-order valence-electron chi connectivity index (χ2n) is 1.83. The number of aldehydes is 1. The van der Waals surface area contributed by atoms with Crippen LogP contribution in [0.4, 0.5) is 0 Å². The molecule has 1 rings (SSSR count). The number of ketones is 1. The van der Waals surface area contributed by atoms with E-state index in [-0.39, 0.29) is 11.7 Å². The summed E-state index contributed by atoms with van der Waals surface area (Å²) in [4.78, 5) is 20.5. The highest BCUT2D eigenvalue weighted by Crippen LogP contribution is 2.02. The molecular weight excluding hydrogens is 140 g/mol. The number of rotatable bonds is 1. The molecule has 2 heteroatoms. The Hall–Kier alpha value is -1.18. The van der Waals surface area contributed by atoms with E-state index in [1.165, 1.54) is 12.2 Å². The summed E-state index contributed by atoms with van der Waals surface area (Å²) in [5, 5.41) is 0. The molecule has 0 spiro atoms. The van der Waals surface area contributed by atoms with Gasteiger partial charge >= 0.3 is 0 Å². The highest BCUT2D eigenvalue weighted by atomic mass is 16.1. The van der Waals surface area contributed by atoms with Crippen LogP contribution in [0.1, 0.15) is 13.8 Å². The van der Waals surface area contributed by atoms with E-state index in [2.05, 4.69) is 0 Å². The summed E-state index contributed by atoms with van der Waals surface area (Å²) in [5.41, 5.74) is 0. The summed E-state index contributed by atoms with van der Waals surface area (Å²) in [6.45, 7) is 4.00. The van der Waals surface area contributed by atoms with E-state index >= 15 is 0 Å². The molecular formula is C9H12O2. The van der Waals surface area contributed by atoms with Crippen molar-refractivity contribution in [2.75, 3.05) is 0 Å². The lowest BCUT2D eigenvalue weighted by Gasteiger charge is -1.98. The molecule has 0 aromatic heterocycles. The monoisotopic (exact) mass is 152 g/mol. The lowest BCUT2D eigenvalue weighted by molar-refractivity contribution is -0.110. The zero-order valence-corrected chi connectivity index (χ0v) is 6.78. The van der Waals surface area contributed by atoms with Crippen molar-refractivity contribution in [2.45, 2.75) is 13.8 Å². The van der Waals surface area contributed by atoms with Gasteiger partial charge in [0.1, 0.15) is 6.29 Å². The number of hydrogen-bond acceptors (Lipinski definition) is 2. The Bertz CT molecular complexity index is 174. The first-order valence-corrected chi connectivity index (χ1v) is 3.68. The molecule has 0 aromatic carbocycles. The van der Waals surface area contributed by atoms with Gasteiger partial charge in [-0.25, -0.2) is 0 Å². The van der Waals surface area contributed by atoms with Crippen molar-refractivity contribution in [2.24, 2.45) is 5.92 Å². The first kappa shape index (κ1) is 9.82. The largest absolute Gasteiger partial charge is 0.302 e. The Morgan fingerprint density at radius 1 is 1.27 bits per heavy atom. The van der Waals surface area contributed by atoms with Crippen LogP contribution in [0.2, 0.25) is 0 Å². The highest BCUT2D eigenvalue weighted by molar-refractivity contribution is 6.00. The molecule has 0 atom stereocenters. The Labute approximate surface area is 66.6 Å². The molecule has 0 unspecified atom stereocenters. The first-order valence-electron chi connectivity index (χ1n) is 3.68. The summed E-state index contributed by atoms with van der Waals surface area (Å²) in [6.07, 6.45) is 6.75. The molecule has 0 saturated heterocycles. The molecule has 0 N–H and O–H groups in total. The zero-order valence-electron chi connectivity index (χ0n) is 6.78. The van der Waals surface area contributed by atoms with Gasteiger partial charge in [-0.1, -0.05) is 26.0 Å². The second kappa shape index (κ2) is 5.59. The van der Waals surface area contributed by atoms with Gasteiger partial charge in [-0.15, -0.1) is 0 Å². The van der Waals surface area contributed by atoms with Crippen LogP contribution in [0.25, 0.3) is 0 Å². The van der Waals surface area contributed by atoms with Crippen molar-refractivity contribution in [3.8, 4) is 0 Å². The van der Waals surface area contributed by atoms with E-state index in [0.717, 1.165) is 6.29 Å². The van der Waals surface area contributed by atoms with Crippen LogP contribution in [-0.4, -0.2) is 12.1 Å². The maximum Gasteiger partial charge on any atom is 0.178 e. The summed E-state index contributed by atoms with van der Waals surface area (Å²) in [7, 11) is 0. The summed E-state index contributed by atoms with van der Waals surface area (Å²) < 4.78 is 0. The van der Waals surface area contributed by atoms with Gasteiger partial charge in [0.25, 0.3) is 0 Å². The van der Waals surface area contributed by atoms with Crippen LogP contribution in [0.15, 0.2) is 24.3 Å². The maximum absolute atomic E-state index is 10.4. The van der Waals surface area contributed by atoms with Gasteiger partial charge < -0.3 is 4.79 Å². The predicted molar refractivity (Wildman–Crippen MR) is 44.2 cm³/mol. The molecule has 0 saturated carbocycles. The first-order chi connectivity index (χ1) is 5.33. The van der Waals surface area contributed by atoms with Gasteiger partial charge in [0.15, 0.2) is 5.78 Å². The molecule has 11 heavy (non-hydrogen) atoms. The molecule has 0 radical (unpaired) electrons. The van der Waals surface area contributed by atoms with Crippen LogP contribution >= 0.6 is 0 Å². The van der Waals surface area contributed by atoms with Gasteiger partial charge in [0, 0.05) is 0 Å². The van der Waals surface area contributed by atoms with Crippen molar-refractivity contribution in [3.63, 3.8) is 0 Å². The van der Waals surface area contributed by atoms with Crippen LogP contribution < -0.4 is 0 Å². The van der Waals surface area contributed by atoms with Gasteiger partial charge in [-0.05, 0) is 12.2 Å². The third kappa shape index (κ3) is 3.50. The van der Waals surface area contributed by atoms with Crippen molar-refractivity contribution in [3.05, 3.63) is 24.3 Å². The second-order valence-corrected chi connectivity index (χ2v) is 1.83. The van der Waals surface area contributed by atoms with Crippen LogP contribution in [0.5, 0.6) is 0 Å². The van der Waals surface area contributed by atoms with Gasteiger partial charge in [0.05, 0.1) is 5.92 Å². The Morgan fingerprint density at radius 2 is 1.73 bits per heavy atom. The van der Waals surface area contributed by atoms with E-state index in [9.17, 15) is 9.59 Å². The van der Waals surface area contributed by atoms with E-state index in [0.29, 0.717) is 0 Å². The average molecular weight is 152 g/mol. The van der Waals surface area contributed by atoms with Crippen LogP contribution in [0.3, 0.4) is 0 Å². The standard InChI is InChI=1S/C7H6O2.C2H6/c8-5-6-1-3-7(9)4-2-6;1-2/h1-6H;1-2H3. The average Bonchev–Trinajstić information content (AvgIpc) is 2.10. The molecule has 0 aliphatic heterocycles. The van der Waals surface area contributed by atoms with Crippen LogP contribution in [0, 0.1) is 5.92 Å². The lowest BCUT2D eigenvalue weighted by Crippen LogP contribution is -2.00. The Kier molecular flexibility index (Phi) is 4.99. The van der Waals surface area contributed by atoms with Crippen molar-refractivity contribution < 1.29 is 9.59 Å². The number of allylic oxidation sites excluding steroid dienone is 4. The molecule has 0 heterocycles. The highest BCUT2D eigenvalue weighted by Gasteiger charge is 2.02. The van der Waals surface area contributed by atoms with Crippen molar-refractivity contribution in [1.29, 1.82) is 0 Å². The SMILES string of the molecule is CC.O=CC1C=CC(=O)C=C1. The van der Waals surface area contributed by atoms with E-state index in [4.69, 9.17) is 0 Å². The minimum absolute atomic E-state index is 0.0481. The molecule has 60 valence electrons. The summed E-state index contributed by atoms with van der Waals surface area (Å²) >= 11 is 0. The smallest absolute Gasteiger partial charge is 0.178 e. The fourth-order valence-corrected chi connectivity index (χ4v) is 0.622. The number of carbonyl (C=O) groups excluding carboxylic acids is 2. The van der Waals surface area contributed by atoms with E-state index in [1.54, 1.807) is 12.2 Å². The minimum atomic E-state index is -0.192. The predicted octanol–water partition coefficient (Wildman–Crippen LogP) is 1.52. The third-order valence-electron chi connectivity index (χ3n) is 1.12. The zero-order chi connectivity index (χ0) is 8.69. The van der Waals surface area contributed by atoms with Crippen LogP contribution in [-0.2, 0) is 9.59 Å². The summed E-state index contributed by atoms with van der Waals surface area (Å²) in [5.74, 6) is -0.240. The molecule has 0 fully saturated rings. The summed E-state index contributed by atoms with van der Waals surface area (Å²) in [6, 6.07) is 0. The molecule has 1 aliphatic carbocycles. The Morgan fingerprint density at radius 3 is 2.09 bits per heavy atom. The number of carbonyl (C=O) groups is 2. The topological polar surface area (TPSA) is 34.1 Å². The maximum atomic E-state index is 10.4. The molecule has 2 nitrogen and oxygen atoms in total. The molecule has 0 aromatic rings. The lowest BCUT2D eigenvalue weighted by atomic mass is 10.1. The normalized spacial score (nSPS) is 15.6. The molecule has 1 aliphatic rings. The molecule has 0 bridgehead atoms. The van der Waals surface area contributed by atoms with Gasteiger partial charge in [0.2, 0.25) is 0 Å². The molecule has 0 amide bonds. The fourth-order valence-electron chi connectivity index (χ4n) is 0.622. The van der Waals surface area contributed by atoms with Gasteiger partial charge in [-0.2, -0.15) is 0 Å². The van der Waals surface area contributed by atoms with Crippen molar-refractivity contribution in [1.82, 2.24) is 0 Å². The van der Waals surface area contributed by atoms with Crippen molar-refractivity contribution >= 4 is 12.1 Å². The van der Waals surface area contributed by atoms with E-state index in [1.807, 2.05) is 13.8 Å². The number of hydrogen-bond donors (Lipinski definition) is 0. The third-order valence-corrected chi connectivity index (χ3v) is 1.12.